The van der Waals surface area contributed by atoms with Crippen LogP contribution in [0, 0.1) is 13.8 Å². The normalized spacial score (nSPS) is 11.8. The second kappa shape index (κ2) is 9.90. The molecule has 1 unspecified atom stereocenters. The molecule has 28 heavy (non-hydrogen) atoms. The first-order valence-corrected chi connectivity index (χ1v) is 9.23. The summed E-state index contributed by atoms with van der Waals surface area (Å²) < 4.78 is 5.28. The molecule has 0 radical (unpaired) electrons. The lowest BCUT2D eigenvalue weighted by atomic mass is 10.1. The van der Waals surface area contributed by atoms with Crippen molar-refractivity contribution in [3.63, 3.8) is 0 Å². The second-order valence-electron chi connectivity index (χ2n) is 7.12. The smallest absolute Gasteiger partial charge is 0.251 e. The van der Waals surface area contributed by atoms with Crippen LogP contribution < -0.4 is 15.4 Å². The van der Waals surface area contributed by atoms with Gasteiger partial charge in [-0.25, -0.2) is 0 Å². The van der Waals surface area contributed by atoms with Gasteiger partial charge in [-0.1, -0.05) is 29.3 Å². The molecule has 2 aromatic rings. The molecule has 0 saturated carbocycles. The van der Waals surface area contributed by atoms with Gasteiger partial charge in [0.2, 0.25) is 5.91 Å². The highest BCUT2D eigenvalue weighted by Gasteiger charge is 2.16. The van der Waals surface area contributed by atoms with Gasteiger partial charge in [0.1, 0.15) is 5.75 Å². The van der Waals surface area contributed by atoms with E-state index in [9.17, 15) is 9.59 Å². The van der Waals surface area contributed by atoms with Crippen LogP contribution in [0.4, 0.5) is 0 Å². The molecule has 0 fully saturated rings. The number of likely N-dealkylation sites (N-methyl/N-ethyl adjacent to an activating group) is 1. The Morgan fingerprint density at radius 1 is 1.04 bits per heavy atom. The van der Waals surface area contributed by atoms with Crippen LogP contribution in [0.3, 0.4) is 0 Å². The van der Waals surface area contributed by atoms with Crippen LogP contribution in [-0.2, 0) is 4.79 Å². The number of benzene rings is 2. The summed E-state index contributed by atoms with van der Waals surface area (Å²) in [5.41, 5.74) is 3.64. The summed E-state index contributed by atoms with van der Waals surface area (Å²) in [5, 5.41) is 5.57. The summed E-state index contributed by atoms with van der Waals surface area (Å²) in [6.45, 7) is 4.25. The number of rotatable bonds is 8. The van der Waals surface area contributed by atoms with E-state index in [1.54, 1.807) is 7.11 Å². The van der Waals surface area contributed by atoms with Crippen molar-refractivity contribution in [2.75, 3.05) is 34.3 Å². The quantitative estimate of drug-likeness (QED) is 0.735. The minimum atomic E-state index is -0.251. The Balaban J connectivity index is 1.91. The molecule has 6 nitrogen and oxygen atoms in total. The summed E-state index contributed by atoms with van der Waals surface area (Å²) in [6.07, 6.45) is 0. The number of hydrogen-bond acceptors (Lipinski definition) is 4. The van der Waals surface area contributed by atoms with Crippen molar-refractivity contribution in [1.29, 1.82) is 0 Å². The molecule has 2 amide bonds. The molecule has 0 aliphatic carbocycles. The standard InChI is InChI=1S/C22H29N3O3/c1-15-9-16(2)11-18(10-15)22(27)24-14-21(26)23-13-20(25(3)4)17-7-6-8-19(12-17)28-5/h6-12,20H,13-14H2,1-5H3,(H,23,26)(H,24,27). The van der Waals surface area contributed by atoms with Gasteiger partial charge in [0.15, 0.2) is 0 Å². The molecule has 0 aliphatic heterocycles. The maximum atomic E-state index is 12.3. The SMILES string of the molecule is COc1cccc(C(CNC(=O)CNC(=O)c2cc(C)cc(C)c2)N(C)C)c1. The van der Waals surface area contributed by atoms with Crippen molar-refractivity contribution >= 4 is 11.8 Å². The van der Waals surface area contributed by atoms with Gasteiger partial charge in [0.25, 0.3) is 5.91 Å². The van der Waals surface area contributed by atoms with E-state index < -0.39 is 0 Å². The van der Waals surface area contributed by atoms with Gasteiger partial charge < -0.3 is 20.3 Å². The van der Waals surface area contributed by atoms with Crippen LogP contribution >= 0.6 is 0 Å². The lowest BCUT2D eigenvalue weighted by molar-refractivity contribution is -0.120. The topological polar surface area (TPSA) is 70.7 Å². The van der Waals surface area contributed by atoms with E-state index in [-0.39, 0.29) is 24.4 Å². The third-order valence-electron chi connectivity index (χ3n) is 4.49. The maximum absolute atomic E-state index is 12.3. The van der Waals surface area contributed by atoms with Crippen LogP contribution in [0.2, 0.25) is 0 Å². The minimum Gasteiger partial charge on any atom is -0.497 e. The zero-order chi connectivity index (χ0) is 20.7. The van der Waals surface area contributed by atoms with Gasteiger partial charge in [-0.15, -0.1) is 0 Å². The summed E-state index contributed by atoms with van der Waals surface area (Å²) in [5.74, 6) is 0.294. The minimum absolute atomic E-state index is 0.00539. The van der Waals surface area contributed by atoms with Gasteiger partial charge in [-0.3, -0.25) is 9.59 Å². The zero-order valence-corrected chi connectivity index (χ0v) is 17.2. The van der Waals surface area contributed by atoms with Crippen LogP contribution in [0.5, 0.6) is 5.75 Å². The highest BCUT2D eigenvalue weighted by atomic mass is 16.5. The third kappa shape index (κ3) is 6.09. The Morgan fingerprint density at radius 2 is 1.71 bits per heavy atom. The Hall–Kier alpha value is -2.86. The number of ether oxygens (including phenoxy) is 1. The zero-order valence-electron chi connectivity index (χ0n) is 17.2. The fourth-order valence-electron chi connectivity index (χ4n) is 3.09. The lowest BCUT2D eigenvalue weighted by Gasteiger charge is -2.25. The van der Waals surface area contributed by atoms with Crippen molar-refractivity contribution in [3.05, 3.63) is 64.7 Å². The molecule has 0 bridgehead atoms. The van der Waals surface area contributed by atoms with Crippen molar-refractivity contribution in [2.45, 2.75) is 19.9 Å². The first kappa shape index (κ1) is 21.4. The van der Waals surface area contributed by atoms with E-state index in [1.807, 2.05) is 75.3 Å². The fraction of sp³-hybridized carbons (Fsp3) is 0.364. The monoisotopic (exact) mass is 383 g/mol. The van der Waals surface area contributed by atoms with E-state index in [0.29, 0.717) is 12.1 Å². The molecule has 150 valence electrons. The predicted octanol–water partition coefficient (Wildman–Crippen LogP) is 2.46. The van der Waals surface area contributed by atoms with Crippen LogP contribution in [0.1, 0.15) is 33.1 Å². The Kier molecular flexibility index (Phi) is 7.58. The molecule has 2 N–H and O–H groups in total. The molecule has 0 aliphatic rings. The Labute approximate surface area is 166 Å². The van der Waals surface area contributed by atoms with Gasteiger partial charge >= 0.3 is 0 Å². The largest absolute Gasteiger partial charge is 0.497 e. The molecular formula is C22H29N3O3. The van der Waals surface area contributed by atoms with Gasteiger partial charge in [0.05, 0.1) is 19.7 Å². The van der Waals surface area contributed by atoms with Crippen LogP contribution in [0.25, 0.3) is 0 Å². The fourth-order valence-corrected chi connectivity index (χ4v) is 3.09. The molecular weight excluding hydrogens is 354 g/mol. The molecule has 0 saturated heterocycles. The van der Waals surface area contributed by atoms with Gasteiger partial charge in [-0.2, -0.15) is 0 Å². The van der Waals surface area contributed by atoms with Crippen molar-refractivity contribution in [3.8, 4) is 5.75 Å². The predicted molar refractivity (Wildman–Crippen MR) is 111 cm³/mol. The van der Waals surface area contributed by atoms with Crippen LogP contribution in [-0.4, -0.2) is 51.0 Å². The molecule has 0 heterocycles. The summed E-state index contributed by atoms with van der Waals surface area (Å²) >= 11 is 0. The Bertz CT molecular complexity index is 813. The number of methoxy groups -OCH3 is 1. The second-order valence-corrected chi connectivity index (χ2v) is 7.12. The number of hydrogen-bond donors (Lipinski definition) is 2. The maximum Gasteiger partial charge on any atom is 0.251 e. The highest BCUT2D eigenvalue weighted by molar-refractivity contribution is 5.96. The average Bonchev–Trinajstić information content (AvgIpc) is 2.65. The average molecular weight is 383 g/mol. The number of nitrogens with zero attached hydrogens (tertiary/aromatic N) is 1. The number of aryl methyl sites for hydroxylation is 2. The molecule has 2 rings (SSSR count). The van der Waals surface area contributed by atoms with Crippen molar-refractivity contribution in [2.24, 2.45) is 0 Å². The molecule has 0 spiro atoms. The molecule has 1 atom stereocenters. The van der Waals surface area contributed by atoms with Crippen molar-refractivity contribution in [1.82, 2.24) is 15.5 Å². The molecule has 6 heteroatoms. The summed E-state index contributed by atoms with van der Waals surface area (Å²) in [7, 11) is 5.54. The highest BCUT2D eigenvalue weighted by Crippen LogP contribution is 2.22. The number of carbonyl (C=O) groups excluding carboxylic acids is 2. The number of nitrogens with one attached hydrogen (secondary N) is 2. The van der Waals surface area contributed by atoms with Gasteiger partial charge in [-0.05, 0) is 57.8 Å². The molecule has 0 aromatic heterocycles. The first-order chi connectivity index (χ1) is 13.3. The van der Waals surface area contributed by atoms with Gasteiger partial charge in [0, 0.05) is 12.1 Å². The van der Waals surface area contributed by atoms with E-state index in [0.717, 1.165) is 22.4 Å². The van der Waals surface area contributed by atoms with E-state index in [1.165, 1.54) is 0 Å². The first-order valence-electron chi connectivity index (χ1n) is 9.23. The van der Waals surface area contributed by atoms with Crippen molar-refractivity contribution < 1.29 is 14.3 Å². The van der Waals surface area contributed by atoms with Crippen LogP contribution in [0.15, 0.2) is 42.5 Å². The Morgan fingerprint density at radius 3 is 2.32 bits per heavy atom. The molecule has 2 aromatic carbocycles. The number of amides is 2. The third-order valence-corrected chi connectivity index (χ3v) is 4.49. The number of carbonyl (C=O) groups is 2. The van der Waals surface area contributed by atoms with E-state index >= 15 is 0 Å². The summed E-state index contributed by atoms with van der Waals surface area (Å²) in [4.78, 5) is 26.5. The summed E-state index contributed by atoms with van der Waals surface area (Å²) in [6, 6.07) is 13.4. The van der Waals surface area contributed by atoms with E-state index in [4.69, 9.17) is 4.74 Å². The van der Waals surface area contributed by atoms with E-state index in [2.05, 4.69) is 10.6 Å². The lowest BCUT2D eigenvalue weighted by Crippen LogP contribution is -2.40.